The lowest BCUT2D eigenvalue weighted by Crippen LogP contribution is -2.59. The number of aromatic nitrogens is 2. The van der Waals surface area contributed by atoms with Crippen LogP contribution >= 0.6 is 0 Å². The van der Waals surface area contributed by atoms with Crippen molar-refractivity contribution in [1.82, 2.24) is 20.2 Å². The van der Waals surface area contributed by atoms with Crippen molar-refractivity contribution in [2.24, 2.45) is 11.3 Å². The zero-order valence-corrected chi connectivity index (χ0v) is 20.8. The molecule has 0 bridgehead atoms. The van der Waals surface area contributed by atoms with Gasteiger partial charge in [0.25, 0.3) is 0 Å². The SMILES string of the molecule is C=CC(=O)N1CC2(CCN(c3nc(NC(CC(=O)NC)CC(C)C)c4c(n3)N(C)CCO4)C2)C1. The van der Waals surface area contributed by atoms with Crippen LogP contribution in [0, 0.1) is 11.3 Å². The van der Waals surface area contributed by atoms with Gasteiger partial charge in [0, 0.05) is 58.2 Å². The Balaban J connectivity index is 1.58. The number of carbonyl (C=O) groups excluding carboxylic acids is 2. The summed E-state index contributed by atoms with van der Waals surface area (Å²) in [5.74, 6) is 3.10. The van der Waals surface area contributed by atoms with Gasteiger partial charge < -0.3 is 30.1 Å². The first-order valence-corrected chi connectivity index (χ1v) is 12.1. The third-order valence-electron chi connectivity index (χ3n) is 6.94. The van der Waals surface area contributed by atoms with Gasteiger partial charge in [0.05, 0.1) is 6.54 Å². The molecular weight excluding hydrogens is 434 g/mol. The van der Waals surface area contributed by atoms with Crippen molar-refractivity contribution in [2.45, 2.75) is 39.2 Å². The zero-order valence-electron chi connectivity index (χ0n) is 20.8. The van der Waals surface area contributed by atoms with Crippen molar-refractivity contribution in [3.05, 3.63) is 12.7 Å². The van der Waals surface area contributed by atoms with Gasteiger partial charge in [0.1, 0.15) is 6.61 Å². The number of nitrogens with zero attached hydrogens (tertiary/aromatic N) is 5. The van der Waals surface area contributed by atoms with Crippen LogP contribution in [0.15, 0.2) is 12.7 Å². The average molecular weight is 472 g/mol. The van der Waals surface area contributed by atoms with Crippen molar-refractivity contribution >= 4 is 29.4 Å². The molecule has 4 rings (SSSR count). The molecule has 1 atom stereocenters. The van der Waals surface area contributed by atoms with E-state index in [0.717, 1.165) is 51.4 Å². The second-order valence-corrected chi connectivity index (χ2v) is 10.2. The van der Waals surface area contributed by atoms with E-state index >= 15 is 0 Å². The molecule has 34 heavy (non-hydrogen) atoms. The maximum atomic E-state index is 12.2. The third-order valence-corrected chi connectivity index (χ3v) is 6.94. The number of amides is 2. The van der Waals surface area contributed by atoms with Crippen LogP contribution in [0.2, 0.25) is 0 Å². The van der Waals surface area contributed by atoms with Crippen molar-refractivity contribution in [3.8, 4) is 5.75 Å². The van der Waals surface area contributed by atoms with Crippen LogP contribution in [0.1, 0.15) is 33.1 Å². The molecule has 0 saturated carbocycles. The average Bonchev–Trinajstić information content (AvgIpc) is 3.23. The summed E-state index contributed by atoms with van der Waals surface area (Å²) in [6.45, 7) is 12.3. The lowest BCUT2D eigenvalue weighted by molar-refractivity contribution is -0.136. The van der Waals surface area contributed by atoms with E-state index in [1.54, 1.807) is 7.05 Å². The summed E-state index contributed by atoms with van der Waals surface area (Å²) in [6, 6.07) is -0.0716. The molecule has 1 spiro atoms. The fraction of sp³-hybridized carbons (Fsp3) is 0.667. The summed E-state index contributed by atoms with van der Waals surface area (Å²) in [7, 11) is 3.67. The number of ether oxygens (including phenoxy) is 1. The molecule has 186 valence electrons. The van der Waals surface area contributed by atoms with Gasteiger partial charge in [-0.1, -0.05) is 20.4 Å². The summed E-state index contributed by atoms with van der Waals surface area (Å²) in [4.78, 5) is 40.0. The van der Waals surface area contributed by atoms with Crippen molar-refractivity contribution in [1.29, 1.82) is 0 Å². The summed E-state index contributed by atoms with van der Waals surface area (Å²) in [6.07, 6.45) is 3.57. The Labute approximate surface area is 201 Å². The summed E-state index contributed by atoms with van der Waals surface area (Å²) >= 11 is 0. The minimum atomic E-state index is -0.0716. The molecule has 4 heterocycles. The van der Waals surface area contributed by atoms with E-state index < -0.39 is 0 Å². The number of hydrogen-bond donors (Lipinski definition) is 2. The number of likely N-dealkylation sites (N-methyl/N-ethyl adjacent to an activating group) is 1. The van der Waals surface area contributed by atoms with E-state index in [1.165, 1.54) is 6.08 Å². The molecule has 2 saturated heterocycles. The first-order valence-electron chi connectivity index (χ1n) is 12.1. The highest BCUT2D eigenvalue weighted by Gasteiger charge is 2.49. The fourth-order valence-corrected chi connectivity index (χ4v) is 5.14. The zero-order chi connectivity index (χ0) is 24.5. The first kappa shape index (κ1) is 24.1. The van der Waals surface area contributed by atoms with Crippen LogP contribution in [-0.2, 0) is 9.59 Å². The van der Waals surface area contributed by atoms with Gasteiger partial charge >= 0.3 is 0 Å². The van der Waals surface area contributed by atoms with Crippen molar-refractivity contribution < 1.29 is 14.3 Å². The number of carbonyl (C=O) groups is 2. The Morgan fingerprint density at radius 2 is 2.00 bits per heavy atom. The minimum absolute atomic E-state index is 0.00771. The van der Waals surface area contributed by atoms with E-state index in [4.69, 9.17) is 14.7 Å². The highest BCUT2D eigenvalue weighted by atomic mass is 16.5. The van der Waals surface area contributed by atoms with E-state index in [0.29, 0.717) is 36.5 Å². The topological polar surface area (TPSA) is 103 Å². The molecule has 2 amide bonds. The number of fused-ring (bicyclic) bond motifs is 1. The number of likely N-dealkylation sites (tertiary alicyclic amines) is 1. The Kier molecular flexibility index (Phi) is 6.86. The lowest BCUT2D eigenvalue weighted by atomic mass is 9.79. The third kappa shape index (κ3) is 4.90. The number of rotatable bonds is 8. The fourth-order valence-electron chi connectivity index (χ4n) is 5.14. The van der Waals surface area contributed by atoms with Gasteiger partial charge in [-0.2, -0.15) is 9.97 Å². The largest absolute Gasteiger partial charge is 0.485 e. The van der Waals surface area contributed by atoms with E-state index in [2.05, 4.69) is 40.9 Å². The maximum absolute atomic E-state index is 12.2. The first-order chi connectivity index (χ1) is 16.2. The Morgan fingerprint density at radius 3 is 2.68 bits per heavy atom. The molecule has 0 aliphatic carbocycles. The van der Waals surface area contributed by atoms with Crippen LogP contribution in [0.5, 0.6) is 5.75 Å². The monoisotopic (exact) mass is 471 g/mol. The molecule has 10 nitrogen and oxygen atoms in total. The quantitative estimate of drug-likeness (QED) is 0.550. The molecule has 1 aromatic rings. The minimum Gasteiger partial charge on any atom is -0.485 e. The standard InChI is InChI=1S/C24H37N7O3/c1-6-19(33)31-14-24(15-31)7-8-30(13-24)23-27-21(20-22(28-23)29(5)9-10-34-20)26-17(11-16(2)3)12-18(32)25-4/h6,16-17H,1,7-15H2,2-5H3,(H,25,32)(H,26,27,28). The molecule has 3 aliphatic heterocycles. The molecule has 3 aliphatic rings. The van der Waals surface area contributed by atoms with Gasteiger partial charge in [-0.25, -0.2) is 0 Å². The molecule has 1 aromatic heterocycles. The molecule has 1 unspecified atom stereocenters. The van der Waals surface area contributed by atoms with Gasteiger partial charge in [0.2, 0.25) is 23.5 Å². The summed E-state index contributed by atoms with van der Waals surface area (Å²) in [5, 5.41) is 6.24. The van der Waals surface area contributed by atoms with Crippen LogP contribution in [-0.4, -0.2) is 86.2 Å². The highest BCUT2D eigenvalue weighted by Crippen LogP contribution is 2.43. The van der Waals surface area contributed by atoms with Crippen LogP contribution in [0.4, 0.5) is 17.6 Å². The molecule has 10 heteroatoms. The highest BCUT2D eigenvalue weighted by molar-refractivity contribution is 5.87. The van der Waals surface area contributed by atoms with E-state index in [1.807, 2.05) is 11.9 Å². The molecule has 0 radical (unpaired) electrons. The molecule has 2 fully saturated rings. The van der Waals surface area contributed by atoms with Gasteiger partial charge in [0.15, 0.2) is 11.6 Å². The van der Waals surface area contributed by atoms with Crippen molar-refractivity contribution in [3.63, 3.8) is 0 Å². The maximum Gasteiger partial charge on any atom is 0.245 e. The predicted molar refractivity (Wildman–Crippen MR) is 132 cm³/mol. The number of anilines is 3. The van der Waals surface area contributed by atoms with Crippen LogP contribution in [0.3, 0.4) is 0 Å². The predicted octanol–water partition coefficient (Wildman–Crippen LogP) is 1.49. The van der Waals surface area contributed by atoms with E-state index in [9.17, 15) is 9.59 Å². The summed E-state index contributed by atoms with van der Waals surface area (Å²) in [5.41, 5.74) is 0.0906. The van der Waals surface area contributed by atoms with Gasteiger partial charge in [-0.15, -0.1) is 0 Å². The summed E-state index contributed by atoms with van der Waals surface area (Å²) < 4.78 is 6.00. The Bertz CT molecular complexity index is 945. The Hall–Kier alpha value is -3.04. The lowest BCUT2D eigenvalue weighted by Gasteiger charge is -2.47. The number of nitrogens with one attached hydrogen (secondary N) is 2. The number of hydrogen-bond acceptors (Lipinski definition) is 8. The second-order valence-electron chi connectivity index (χ2n) is 10.2. The van der Waals surface area contributed by atoms with Gasteiger partial charge in [-0.3, -0.25) is 9.59 Å². The van der Waals surface area contributed by atoms with Crippen LogP contribution < -0.4 is 25.2 Å². The van der Waals surface area contributed by atoms with E-state index in [-0.39, 0.29) is 23.3 Å². The molecule has 2 N–H and O–H groups in total. The smallest absolute Gasteiger partial charge is 0.245 e. The normalized spacial score (nSPS) is 19.4. The van der Waals surface area contributed by atoms with Crippen molar-refractivity contribution in [2.75, 3.05) is 68.5 Å². The Morgan fingerprint density at radius 1 is 1.24 bits per heavy atom. The second kappa shape index (κ2) is 9.68. The molecular formula is C24H37N7O3. The molecule has 0 aromatic carbocycles. The van der Waals surface area contributed by atoms with Gasteiger partial charge in [-0.05, 0) is 24.8 Å². The van der Waals surface area contributed by atoms with Crippen LogP contribution in [0.25, 0.3) is 0 Å².